The Labute approximate surface area is 70.8 Å². The lowest BCUT2D eigenvalue weighted by atomic mass is 10.3. The topological polar surface area (TPSA) is 43.6 Å². The molecule has 0 aromatic heterocycles. The number of para-hydroxylation sites is 1. The van der Waals surface area contributed by atoms with E-state index in [1.54, 1.807) is 19.1 Å². The van der Waals surface area contributed by atoms with Crippen LogP contribution in [-0.4, -0.2) is 5.97 Å². The lowest BCUT2D eigenvalue weighted by Crippen LogP contribution is -2.15. The van der Waals surface area contributed by atoms with Gasteiger partial charge in [-0.25, -0.2) is 0 Å². The SMILES string of the molecule is CCC(Oc1ccccc1)=[O+][O-]. The maximum atomic E-state index is 10.0. The van der Waals surface area contributed by atoms with Crippen molar-refractivity contribution in [2.75, 3.05) is 0 Å². The van der Waals surface area contributed by atoms with Crippen molar-refractivity contribution in [3.8, 4) is 5.75 Å². The highest BCUT2D eigenvalue weighted by molar-refractivity contribution is 5.72. The minimum absolute atomic E-state index is 0.0844. The smallest absolute Gasteiger partial charge is 0.503 e. The Morgan fingerprint density at radius 1 is 1.42 bits per heavy atom. The first kappa shape index (κ1) is 8.59. The maximum absolute atomic E-state index is 10.0. The molecule has 1 rings (SSSR count). The molecule has 1 aromatic rings. The van der Waals surface area contributed by atoms with E-state index in [4.69, 9.17) is 4.74 Å². The lowest BCUT2D eigenvalue weighted by Gasteiger charge is -1.93. The molecule has 0 aliphatic carbocycles. The van der Waals surface area contributed by atoms with Crippen molar-refractivity contribution >= 4 is 5.97 Å². The van der Waals surface area contributed by atoms with Crippen molar-refractivity contribution < 1.29 is 14.6 Å². The van der Waals surface area contributed by atoms with Crippen LogP contribution in [0.15, 0.2) is 30.3 Å². The number of ether oxygens (including phenoxy) is 1. The molecule has 0 amide bonds. The van der Waals surface area contributed by atoms with Gasteiger partial charge >= 0.3 is 5.97 Å². The molecule has 0 saturated heterocycles. The van der Waals surface area contributed by atoms with Gasteiger partial charge in [0.05, 0.1) is 0 Å². The fourth-order valence-electron chi connectivity index (χ4n) is 0.768. The highest BCUT2D eigenvalue weighted by atomic mass is 17.1. The second-order valence-corrected chi connectivity index (χ2v) is 2.22. The predicted octanol–water partition coefficient (Wildman–Crippen LogP) is 0.813. The lowest BCUT2D eigenvalue weighted by molar-refractivity contribution is -1.05. The van der Waals surface area contributed by atoms with Crippen molar-refractivity contribution in [1.82, 2.24) is 0 Å². The molecule has 0 fully saturated rings. The number of hydrogen-bond acceptors (Lipinski definition) is 2. The summed E-state index contributed by atoms with van der Waals surface area (Å²) in [7, 11) is 0. The van der Waals surface area contributed by atoms with Gasteiger partial charge < -0.3 is 5.26 Å². The molecule has 0 saturated carbocycles. The summed E-state index contributed by atoms with van der Waals surface area (Å²) in [6.45, 7) is 1.79. The third kappa shape index (κ3) is 2.27. The van der Waals surface area contributed by atoms with Crippen molar-refractivity contribution in [1.29, 1.82) is 0 Å². The van der Waals surface area contributed by atoms with Crippen LogP contribution in [-0.2, 0) is 4.58 Å². The minimum Gasteiger partial charge on any atom is -0.588 e. The van der Waals surface area contributed by atoms with Gasteiger partial charge in [-0.2, -0.15) is 0 Å². The van der Waals surface area contributed by atoms with E-state index in [0.717, 1.165) is 0 Å². The molecule has 64 valence electrons. The van der Waals surface area contributed by atoms with E-state index in [9.17, 15) is 5.26 Å². The number of hydrogen-bond donors (Lipinski definition) is 0. The molecule has 1 aromatic carbocycles. The molecule has 0 bridgehead atoms. The van der Waals surface area contributed by atoms with Crippen LogP contribution in [0.3, 0.4) is 0 Å². The first-order valence-corrected chi connectivity index (χ1v) is 3.75. The molecule has 0 spiro atoms. The van der Waals surface area contributed by atoms with E-state index in [-0.39, 0.29) is 5.97 Å². The minimum atomic E-state index is 0.0844. The van der Waals surface area contributed by atoms with Crippen molar-refractivity contribution in [3.63, 3.8) is 0 Å². The van der Waals surface area contributed by atoms with Crippen LogP contribution in [0.5, 0.6) is 5.75 Å². The van der Waals surface area contributed by atoms with Crippen LogP contribution in [0.1, 0.15) is 13.3 Å². The third-order valence-corrected chi connectivity index (χ3v) is 1.36. The van der Waals surface area contributed by atoms with Gasteiger partial charge in [0.15, 0.2) is 0 Å². The molecule has 0 aliphatic rings. The van der Waals surface area contributed by atoms with Crippen LogP contribution in [0.4, 0.5) is 0 Å². The summed E-state index contributed by atoms with van der Waals surface area (Å²) in [5, 5.41) is 10.0. The fraction of sp³-hybridized carbons (Fsp3) is 0.222. The second kappa shape index (κ2) is 4.38. The fourth-order valence-corrected chi connectivity index (χ4v) is 0.768. The van der Waals surface area contributed by atoms with Gasteiger partial charge in [-0.15, -0.1) is 0 Å². The van der Waals surface area contributed by atoms with E-state index in [1.165, 1.54) is 0 Å². The molecule has 0 unspecified atom stereocenters. The Balaban J connectivity index is 2.64. The van der Waals surface area contributed by atoms with Crippen LogP contribution >= 0.6 is 0 Å². The first-order chi connectivity index (χ1) is 5.86. The van der Waals surface area contributed by atoms with E-state index in [0.29, 0.717) is 12.2 Å². The zero-order valence-electron chi connectivity index (χ0n) is 6.82. The van der Waals surface area contributed by atoms with Gasteiger partial charge in [0.25, 0.3) is 0 Å². The largest absolute Gasteiger partial charge is 0.588 e. The summed E-state index contributed by atoms with van der Waals surface area (Å²) >= 11 is 0. The molecular formula is C9H10O3. The Morgan fingerprint density at radius 2 is 2.08 bits per heavy atom. The molecular weight excluding hydrogens is 156 g/mol. The summed E-state index contributed by atoms with van der Waals surface area (Å²) in [5.41, 5.74) is 0. The van der Waals surface area contributed by atoms with Crippen LogP contribution in [0.2, 0.25) is 0 Å². The van der Waals surface area contributed by atoms with Crippen LogP contribution < -0.4 is 9.99 Å². The average molecular weight is 166 g/mol. The Bertz CT molecular complexity index is 254. The summed E-state index contributed by atoms with van der Waals surface area (Å²) in [6.07, 6.45) is 0.457. The Morgan fingerprint density at radius 3 is 2.58 bits per heavy atom. The Hall–Kier alpha value is -1.51. The number of benzene rings is 1. The van der Waals surface area contributed by atoms with Crippen molar-refractivity contribution in [3.05, 3.63) is 30.3 Å². The highest BCUT2D eigenvalue weighted by Gasteiger charge is 2.11. The van der Waals surface area contributed by atoms with Crippen LogP contribution in [0.25, 0.3) is 0 Å². The summed E-state index contributed by atoms with van der Waals surface area (Å²) < 4.78 is 8.84. The van der Waals surface area contributed by atoms with Gasteiger partial charge in [0.2, 0.25) is 5.75 Å². The quantitative estimate of drug-likeness (QED) is 0.214. The van der Waals surface area contributed by atoms with Gasteiger partial charge in [0, 0.05) is 12.1 Å². The van der Waals surface area contributed by atoms with Crippen LogP contribution in [0, 0.1) is 0 Å². The van der Waals surface area contributed by atoms with Gasteiger partial charge in [-0.1, -0.05) is 18.2 Å². The standard InChI is InChI=1S/C9H10O3/c1-2-9(12-10)11-8-6-4-3-5-7-8/h3-7H,2H2,1H3. The molecule has 12 heavy (non-hydrogen) atoms. The zero-order chi connectivity index (χ0) is 8.81. The predicted molar refractivity (Wildman–Crippen MR) is 42.4 cm³/mol. The molecule has 0 N–H and O–H groups in total. The molecule has 0 radical (unpaired) electrons. The normalized spacial score (nSPS) is 11.2. The van der Waals surface area contributed by atoms with E-state index in [1.807, 2.05) is 18.2 Å². The van der Waals surface area contributed by atoms with Crippen molar-refractivity contribution in [2.24, 2.45) is 0 Å². The second-order valence-electron chi connectivity index (χ2n) is 2.22. The summed E-state index contributed by atoms with van der Waals surface area (Å²) in [4.78, 5) is 0. The van der Waals surface area contributed by atoms with Gasteiger partial charge in [-0.05, 0) is 6.92 Å². The first-order valence-electron chi connectivity index (χ1n) is 3.75. The number of rotatable bonds is 2. The van der Waals surface area contributed by atoms with Gasteiger partial charge in [-0.3, -0.25) is 9.31 Å². The maximum Gasteiger partial charge on any atom is 0.503 e. The van der Waals surface area contributed by atoms with E-state index < -0.39 is 0 Å². The average Bonchev–Trinajstić information content (AvgIpc) is 2.16. The monoisotopic (exact) mass is 166 g/mol. The summed E-state index contributed by atoms with van der Waals surface area (Å²) in [5.74, 6) is 0.700. The molecule has 0 aliphatic heterocycles. The van der Waals surface area contributed by atoms with Crippen molar-refractivity contribution in [2.45, 2.75) is 13.3 Å². The highest BCUT2D eigenvalue weighted by Crippen LogP contribution is 2.08. The third-order valence-electron chi connectivity index (χ3n) is 1.36. The zero-order valence-corrected chi connectivity index (χ0v) is 6.82. The molecule has 3 nitrogen and oxygen atoms in total. The number of carbonyl (C=O) groups excluding carboxylic acids is 1. The Kier molecular flexibility index (Phi) is 3.14. The number of esters is 1. The molecule has 3 heteroatoms. The summed E-state index contributed by atoms with van der Waals surface area (Å²) in [6, 6.07) is 9.04. The van der Waals surface area contributed by atoms with E-state index >= 15 is 0 Å². The van der Waals surface area contributed by atoms with Gasteiger partial charge in [0.1, 0.15) is 6.42 Å². The molecule has 0 atom stereocenters. The molecule has 0 heterocycles. The van der Waals surface area contributed by atoms with E-state index in [2.05, 4.69) is 4.58 Å².